The number of aromatic nitrogens is 1. The van der Waals surface area contributed by atoms with Gasteiger partial charge in [-0.15, -0.1) is 0 Å². The molecule has 0 aliphatic rings. The molecule has 1 aromatic carbocycles. The molecule has 2 aromatic rings. The molecule has 1 heterocycles. The maximum absolute atomic E-state index is 13.7. The normalized spacial score (nSPS) is 15.7. The van der Waals surface area contributed by atoms with Crippen molar-refractivity contribution in [2.75, 3.05) is 6.26 Å². The van der Waals surface area contributed by atoms with Crippen LogP contribution in [0.4, 0.5) is 0 Å². The minimum Gasteiger partial charge on any atom is -0.480 e. The Hall–Kier alpha value is -2.36. The lowest BCUT2D eigenvalue weighted by atomic mass is 9.81. The van der Waals surface area contributed by atoms with Crippen LogP contribution in [0.2, 0.25) is 0 Å². The van der Waals surface area contributed by atoms with Crippen LogP contribution in [-0.4, -0.2) is 56.4 Å². The number of benzene rings is 1. The number of H-pyrrole nitrogens is 1. The van der Waals surface area contributed by atoms with Crippen LogP contribution in [0.5, 0.6) is 0 Å². The van der Waals surface area contributed by atoms with Crippen LogP contribution in [0.15, 0.2) is 30.5 Å². The number of nitrogens with one attached hydrogen (secondary N) is 1. The summed E-state index contributed by atoms with van der Waals surface area (Å²) in [5, 5.41) is 10.3. The van der Waals surface area contributed by atoms with Crippen LogP contribution in [0.3, 0.4) is 0 Å². The molecule has 0 fully saturated rings. The zero-order valence-electron chi connectivity index (χ0n) is 17.0. The number of rotatable bonds is 9. The highest BCUT2D eigenvalue weighted by molar-refractivity contribution is 7.96. The predicted molar refractivity (Wildman–Crippen MR) is 114 cm³/mol. The van der Waals surface area contributed by atoms with Crippen molar-refractivity contribution in [1.29, 1.82) is 0 Å². The van der Waals surface area contributed by atoms with Gasteiger partial charge in [0.25, 0.3) is 0 Å². The number of nitrogens with two attached hydrogens (primary N) is 2. The third-order valence-electron chi connectivity index (χ3n) is 4.89. The van der Waals surface area contributed by atoms with Crippen molar-refractivity contribution in [3.8, 4) is 0 Å². The lowest BCUT2D eigenvalue weighted by molar-refractivity contribution is -0.142. The number of carbonyl (C=O) groups is 3. The van der Waals surface area contributed by atoms with Gasteiger partial charge in [0, 0.05) is 23.4 Å². The summed E-state index contributed by atoms with van der Waals surface area (Å²) in [5.41, 5.74) is 13.0. The Labute approximate surface area is 174 Å². The number of hydrogen-bond acceptors (Lipinski definition) is 6. The van der Waals surface area contributed by atoms with Crippen LogP contribution in [0, 0.1) is 5.92 Å². The first-order chi connectivity index (χ1) is 13.6. The Balaban J connectivity index is 2.60. The lowest BCUT2D eigenvalue weighted by Gasteiger charge is -2.35. The first-order valence-corrected chi connectivity index (χ1v) is 10.5. The molecule has 2 rings (SSSR count). The third-order valence-corrected chi connectivity index (χ3v) is 5.69. The van der Waals surface area contributed by atoms with Gasteiger partial charge in [0.1, 0.15) is 12.1 Å². The highest BCUT2D eigenvalue weighted by Gasteiger charge is 2.42. The molecule has 1 aromatic heterocycles. The summed E-state index contributed by atoms with van der Waals surface area (Å²) in [7, 11) is 0. The number of carbonyl (C=O) groups excluding carboxylic acids is 2. The lowest BCUT2D eigenvalue weighted by Crippen LogP contribution is -2.53. The van der Waals surface area contributed by atoms with E-state index < -0.39 is 41.7 Å². The SMILES string of the molecule is CSN(C(=O)C(C)N)C(C(=O)C(c1c[nH]c2ccccc12)C(N)C(=O)O)C(C)C. The van der Waals surface area contributed by atoms with E-state index in [1.54, 1.807) is 45.4 Å². The molecule has 1 amide bonds. The van der Waals surface area contributed by atoms with Crippen LogP contribution in [-0.2, 0) is 14.4 Å². The fourth-order valence-corrected chi connectivity index (χ4v) is 4.38. The van der Waals surface area contributed by atoms with Gasteiger partial charge in [0.05, 0.1) is 12.0 Å². The number of carboxylic acids is 1. The van der Waals surface area contributed by atoms with E-state index in [-0.39, 0.29) is 5.92 Å². The molecule has 4 unspecified atom stereocenters. The van der Waals surface area contributed by atoms with Gasteiger partial charge in [-0.05, 0) is 24.5 Å². The second-order valence-corrected chi connectivity index (χ2v) is 8.12. The Morgan fingerprint density at radius 3 is 2.28 bits per heavy atom. The summed E-state index contributed by atoms with van der Waals surface area (Å²) in [5.74, 6) is -3.52. The molecule has 0 saturated heterocycles. The van der Waals surface area contributed by atoms with Gasteiger partial charge in [-0.25, -0.2) is 0 Å². The molecule has 4 atom stereocenters. The minimum absolute atomic E-state index is 0.272. The van der Waals surface area contributed by atoms with Crippen molar-refractivity contribution < 1.29 is 19.5 Å². The summed E-state index contributed by atoms with van der Waals surface area (Å²) < 4.78 is 1.34. The molecule has 0 radical (unpaired) electrons. The van der Waals surface area contributed by atoms with E-state index >= 15 is 0 Å². The van der Waals surface area contributed by atoms with Gasteiger partial charge < -0.3 is 21.6 Å². The van der Waals surface area contributed by atoms with E-state index in [2.05, 4.69) is 4.98 Å². The molecule has 0 aliphatic carbocycles. The van der Waals surface area contributed by atoms with Crippen molar-refractivity contribution in [2.45, 2.75) is 44.8 Å². The van der Waals surface area contributed by atoms with E-state index in [0.717, 1.165) is 22.9 Å². The van der Waals surface area contributed by atoms with Crippen LogP contribution >= 0.6 is 11.9 Å². The number of aromatic amines is 1. The van der Waals surface area contributed by atoms with E-state index in [4.69, 9.17) is 11.5 Å². The standard InChI is InChI=1S/C20H28N4O4S/c1-10(2)17(24(29-4)19(26)11(3)21)18(25)15(16(22)20(27)28)13-9-23-14-8-6-5-7-12(13)14/h5-11,15-17,23H,21-22H2,1-4H3,(H,27,28). The summed E-state index contributed by atoms with van der Waals surface area (Å²) in [6.45, 7) is 5.16. The van der Waals surface area contributed by atoms with Crippen molar-refractivity contribution in [3.63, 3.8) is 0 Å². The van der Waals surface area contributed by atoms with Gasteiger partial charge >= 0.3 is 5.97 Å². The number of Topliss-reactive ketones (excluding diaryl/α,β-unsaturated/α-hetero) is 1. The first-order valence-electron chi connectivity index (χ1n) is 9.32. The Bertz CT molecular complexity index is 895. The topological polar surface area (TPSA) is 143 Å². The van der Waals surface area contributed by atoms with Crippen LogP contribution in [0.25, 0.3) is 10.9 Å². The zero-order chi connectivity index (χ0) is 21.9. The monoisotopic (exact) mass is 420 g/mol. The number of ketones is 1. The Kier molecular flexibility index (Phi) is 7.45. The Morgan fingerprint density at radius 2 is 1.76 bits per heavy atom. The van der Waals surface area contributed by atoms with Crippen LogP contribution in [0.1, 0.15) is 32.3 Å². The average Bonchev–Trinajstić information content (AvgIpc) is 3.08. The first kappa shape index (κ1) is 22.9. The fraction of sp³-hybridized carbons (Fsp3) is 0.450. The van der Waals surface area contributed by atoms with E-state index in [0.29, 0.717) is 5.56 Å². The van der Waals surface area contributed by atoms with E-state index in [1.807, 2.05) is 12.1 Å². The average molecular weight is 421 g/mol. The maximum Gasteiger partial charge on any atom is 0.321 e. The smallest absolute Gasteiger partial charge is 0.321 e. The summed E-state index contributed by atoms with van der Waals surface area (Å²) in [6, 6.07) is 4.15. The van der Waals surface area contributed by atoms with Crippen molar-refractivity contribution in [2.24, 2.45) is 17.4 Å². The molecule has 158 valence electrons. The third kappa shape index (κ3) is 4.63. The molecule has 0 bridgehead atoms. The molecule has 0 spiro atoms. The number of hydrogen-bond donors (Lipinski definition) is 4. The highest BCUT2D eigenvalue weighted by atomic mass is 32.2. The maximum atomic E-state index is 13.7. The van der Waals surface area contributed by atoms with Gasteiger partial charge in [-0.3, -0.25) is 18.7 Å². The second kappa shape index (κ2) is 9.43. The summed E-state index contributed by atoms with van der Waals surface area (Å²) in [6.07, 6.45) is 3.30. The van der Waals surface area contributed by atoms with E-state index in [1.165, 1.54) is 4.31 Å². The van der Waals surface area contributed by atoms with Gasteiger partial charge in [0.15, 0.2) is 5.78 Å². The number of carboxylic acid groups (broad SMARTS) is 1. The number of nitrogens with zero attached hydrogens (tertiary/aromatic N) is 1. The highest BCUT2D eigenvalue weighted by Crippen LogP contribution is 2.33. The molecular weight excluding hydrogens is 392 g/mol. The number of amides is 1. The van der Waals surface area contributed by atoms with Crippen LogP contribution < -0.4 is 11.5 Å². The number of fused-ring (bicyclic) bond motifs is 1. The fourth-order valence-electron chi connectivity index (χ4n) is 3.46. The van der Waals surface area contributed by atoms with Gasteiger partial charge in [-0.1, -0.05) is 44.0 Å². The molecule has 0 saturated carbocycles. The minimum atomic E-state index is -1.46. The van der Waals surface area contributed by atoms with Gasteiger partial charge in [-0.2, -0.15) is 0 Å². The quantitative estimate of drug-likeness (QED) is 0.452. The summed E-state index contributed by atoms with van der Waals surface area (Å²) >= 11 is 1.10. The van der Waals surface area contributed by atoms with Crippen molar-refractivity contribution >= 4 is 40.5 Å². The van der Waals surface area contributed by atoms with Crippen molar-refractivity contribution in [3.05, 3.63) is 36.0 Å². The molecule has 29 heavy (non-hydrogen) atoms. The molecule has 6 N–H and O–H groups in total. The van der Waals surface area contributed by atoms with E-state index in [9.17, 15) is 19.5 Å². The molecule has 9 heteroatoms. The molecule has 8 nitrogen and oxygen atoms in total. The Morgan fingerprint density at radius 1 is 1.14 bits per heavy atom. The van der Waals surface area contributed by atoms with Crippen molar-refractivity contribution in [1.82, 2.24) is 9.29 Å². The largest absolute Gasteiger partial charge is 0.480 e. The molecular formula is C20H28N4O4S. The summed E-state index contributed by atoms with van der Waals surface area (Å²) in [4.78, 5) is 41.1. The number of aliphatic carboxylic acids is 1. The predicted octanol–water partition coefficient (Wildman–Crippen LogP) is 1.71. The van der Waals surface area contributed by atoms with Gasteiger partial charge in [0.2, 0.25) is 5.91 Å². The molecule has 0 aliphatic heterocycles. The number of para-hydroxylation sites is 1. The second-order valence-electron chi connectivity index (χ2n) is 7.36. The zero-order valence-corrected chi connectivity index (χ0v) is 17.8.